The molecule has 10 nitrogen and oxygen atoms in total. The van der Waals surface area contributed by atoms with E-state index in [9.17, 15) is 4.79 Å². The Bertz CT molecular complexity index is 907. The van der Waals surface area contributed by atoms with Gasteiger partial charge in [-0.1, -0.05) is 12.1 Å². The maximum Gasteiger partial charge on any atom is 0.324 e. The van der Waals surface area contributed by atoms with Gasteiger partial charge >= 0.3 is 6.03 Å². The largest absolute Gasteiger partial charge is 0.337 e. The summed E-state index contributed by atoms with van der Waals surface area (Å²) in [7, 11) is 0. The maximum absolute atomic E-state index is 12.7. The van der Waals surface area contributed by atoms with Crippen molar-refractivity contribution in [1.82, 2.24) is 35.2 Å². The van der Waals surface area contributed by atoms with Crippen LogP contribution in [-0.2, 0) is 6.42 Å². The van der Waals surface area contributed by atoms with Gasteiger partial charge in [0.2, 0.25) is 17.7 Å². The van der Waals surface area contributed by atoms with Crippen LogP contribution in [0.15, 0.2) is 29.0 Å². The van der Waals surface area contributed by atoms with Gasteiger partial charge in [-0.05, 0) is 31.4 Å². The van der Waals surface area contributed by atoms with Crippen LogP contribution in [0, 0.1) is 0 Å². The standard InChI is InChI=1S/C17H20N8O2/c1-2-4-13-19-16(23-22-13)21-17(26)25-10-3-5-12(25)15-20-14(24-27-15)11-6-8-18-9-7-11/h6-9,12H,2-5,10H2,1H3,(H2,19,21,22,23,26)/t12-/m0/s1. The molecule has 2 N–H and O–H groups in total. The third-order valence-electron chi connectivity index (χ3n) is 4.42. The second kappa shape index (κ2) is 7.52. The Kier molecular flexibility index (Phi) is 4.77. The van der Waals surface area contributed by atoms with E-state index in [1.165, 1.54) is 0 Å². The van der Waals surface area contributed by atoms with Crippen LogP contribution in [0.2, 0.25) is 0 Å². The number of pyridine rings is 1. The number of H-pyrrole nitrogens is 1. The lowest BCUT2D eigenvalue weighted by molar-refractivity contribution is 0.193. The summed E-state index contributed by atoms with van der Waals surface area (Å²) in [6, 6.07) is 3.08. The number of hydrogen-bond donors (Lipinski definition) is 2. The number of amides is 2. The lowest BCUT2D eigenvalue weighted by atomic mass is 10.2. The molecule has 4 heterocycles. The third kappa shape index (κ3) is 3.64. The van der Waals surface area contributed by atoms with E-state index >= 15 is 0 Å². The minimum absolute atomic E-state index is 0.262. The molecule has 0 spiro atoms. The van der Waals surface area contributed by atoms with E-state index < -0.39 is 0 Å². The lowest BCUT2D eigenvalue weighted by Crippen LogP contribution is -2.34. The van der Waals surface area contributed by atoms with Crippen molar-refractivity contribution >= 4 is 12.0 Å². The predicted octanol–water partition coefficient (Wildman–Crippen LogP) is 2.57. The molecule has 0 aliphatic carbocycles. The SMILES string of the molecule is CCCc1nc(NC(=O)N2CCC[C@H]2c2nc(-c3ccncc3)no2)n[nH]1. The number of aromatic nitrogens is 6. The molecule has 1 fully saturated rings. The van der Waals surface area contributed by atoms with E-state index in [-0.39, 0.29) is 18.0 Å². The summed E-state index contributed by atoms with van der Waals surface area (Å²) in [5, 5.41) is 13.6. The highest BCUT2D eigenvalue weighted by Gasteiger charge is 2.34. The van der Waals surface area contributed by atoms with Crippen LogP contribution in [0.4, 0.5) is 10.7 Å². The predicted molar refractivity (Wildman–Crippen MR) is 95.6 cm³/mol. The number of aryl methyl sites for hydroxylation is 1. The number of aromatic amines is 1. The average molecular weight is 368 g/mol. The zero-order chi connectivity index (χ0) is 18.6. The summed E-state index contributed by atoms with van der Waals surface area (Å²) in [6.45, 7) is 2.66. The Morgan fingerprint density at radius 3 is 3.04 bits per heavy atom. The van der Waals surface area contributed by atoms with Crippen molar-refractivity contribution in [2.75, 3.05) is 11.9 Å². The first kappa shape index (κ1) is 17.1. The van der Waals surface area contributed by atoms with Crippen LogP contribution in [0.25, 0.3) is 11.4 Å². The molecule has 0 bridgehead atoms. The smallest absolute Gasteiger partial charge is 0.324 e. The van der Waals surface area contributed by atoms with Crippen LogP contribution < -0.4 is 5.32 Å². The molecule has 0 saturated carbocycles. The molecule has 10 heteroatoms. The highest BCUT2D eigenvalue weighted by molar-refractivity contribution is 5.87. The van der Waals surface area contributed by atoms with Crippen LogP contribution in [0.3, 0.4) is 0 Å². The molecule has 1 atom stereocenters. The van der Waals surface area contributed by atoms with E-state index in [0.717, 1.165) is 37.1 Å². The highest BCUT2D eigenvalue weighted by Crippen LogP contribution is 2.32. The summed E-state index contributed by atoms with van der Waals surface area (Å²) >= 11 is 0. The summed E-state index contributed by atoms with van der Waals surface area (Å²) < 4.78 is 5.43. The van der Waals surface area contributed by atoms with Crippen molar-refractivity contribution in [3.63, 3.8) is 0 Å². The fourth-order valence-corrected chi connectivity index (χ4v) is 3.12. The Labute approximate surface area is 155 Å². The summed E-state index contributed by atoms with van der Waals surface area (Å²) in [5.41, 5.74) is 0.818. The molecule has 4 rings (SSSR count). The van der Waals surface area contributed by atoms with Gasteiger partial charge in [0.15, 0.2) is 0 Å². The fraction of sp³-hybridized carbons (Fsp3) is 0.412. The average Bonchev–Trinajstić information content (AvgIpc) is 3.43. The number of carbonyl (C=O) groups is 1. The maximum atomic E-state index is 12.7. The van der Waals surface area contributed by atoms with Gasteiger partial charge in [-0.3, -0.25) is 15.4 Å². The first-order chi connectivity index (χ1) is 13.2. The topological polar surface area (TPSA) is 126 Å². The molecule has 0 unspecified atom stereocenters. The second-order valence-corrected chi connectivity index (χ2v) is 6.33. The van der Waals surface area contributed by atoms with Crippen LogP contribution >= 0.6 is 0 Å². The number of urea groups is 1. The van der Waals surface area contributed by atoms with Crippen molar-refractivity contribution in [1.29, 1.82) is 0 Å². The molecule has 0 radical (unpaired) electrons. The quantitative estimate of drug-likeness (QED) is 0.709. The van der Waals surface area contributed by atoms with Gasteiger partial charge < -0.3 is 9.42 Å². The van der Waals surface area contributed by atoms with Crippen molar-refractivity contribution in [3.05, 3.63) is 36.2 Å². The summed E-state index contributed by atoms with van der Waals surface area (Å²) in [4.78, 5) is 27.1. The molecule has 0 aromatic carbocycles. The third-order valence-corrected chi connectivity index (χ3v) is 4.42. The molecule has 1 aliphatic heterocycles. The first-order valence-electron chi connectivity index (χ1n) is 8.97. The van der Waals surface area contributed by atoms with Crippen LogP contribution in [0.1, 0.15) is 43.9 Å². The van der Waals surface area contributed by atoms with Crippen molar-refractivity contribution < 1.29 is 9.32 Å². The number of rotatable bonds is 5. The van der Waals surface area contributed by atoms with Crippen molar-refractivity contribution in [2.45, 2.75) is 38.6 Å². The number of likely N-dealkylation sites (tertiary alicyclic amines) is 1. The molecule has 2 amide bonds. The molecule has 1 aliphatic rings. The number of nitrogens with zero attached hydrogens (tertiary/aromatic N) is 6. The van der Waals surface area contributed by atoms with Crippen LogP contribution in [-0.4, -0.2) is 47.8 Å². The molecule has 140 valence electrons. The van der Waals surface area contributed by atoms with Crippen molar-refractivity contribution in [3.8, 4) is 11.4 Å². The van der Waals surface area contributed by atoms with Gasteiger partial charge in [0.05, 0.1) is 0 Å². The molecular weight excluding hydrogens is 348 g/mol. The fourth-order valence-electron chi connectivity index (χ4n) is 3.12. The molecule has 27 heavy (non-hydrogen) atoms. The Morgan fingerprint density at radius 1 is 1.37 bits per heavy atom. The van der Waals surface area contributed by atoms with E-state index in [1.54, 1.807) is 17.3 Å². The first-order valence-corrected chi connectivity index (χ1v) is 8.97. The van der Waals surface area contributed by atoms with Crippen LogP contribution in [0.5, 0.6) is 0 Å². The molecule has 3 aromatic rings. The molecular formula is C17H20N8O2. The summed E-state index contributed by atoms with van der Waals surface area (Å²) in [5.74, 6) is 1.94. The molecule has 3 aromatic heterocycles. The van der Waals surface area contributed by atoms with E-state index in [2.05, 4.69) is 42.5 Å². The normalized spacial score (nSPS) is 16.6. The Balaban J connectivity index is 1.47. The minimum Gasteiger partial charge on any atom is -0.337 e. The van der Waals surface area contributed by atoms with Crippen molar-refractivity contribution in [2.24, 2.45) is 0 Å². The number of hydrogen-bond acceptors (Lipinski definition) is 7. The zero-order valence-electron chi connectivity index (χ0n) is 14.9. The van der Waals surface area contributed by atoms with Gasteiger partial charge in [0.1, 0.15) is 11.9 Å². The number of carbonyl (C=O) groups excluding carboxylic acids is 1. The van der Waals surface area contributed by atoms with Gasteiger partial charge in [0.25, 0.3) is 0 Å². The van der Waals surface area contributed by atoms with Gasteiger partial charge in [-0.15, -0.1) is 5.10 Å². The van der Waals surface area contributed by atoms with E-state index in [1.807, 2.05) is 12.1 Å². The van der Waals surface area contributed by atoms with E-state index in [0.29, 0.717) is 18.3 Å². The van der Waals surface area contributed by atoms with Gasteiger partial charge in [-0.2, -0.15) is 9.97 Å². The zero-order valence-corrected chi connectivity index (χ0v) is 14.9. The lowest BCUT2D eigenvalue weighted by Gasteiger charge is -2.21. The molecule has 1 saturated heterocycles. The Morgan fingerprint density at radius 2 is 2.22 bits per heavy atom. The number of anilines is 1. The van der Waals surface area contributed by atoms with E-state index in [4.69, 9.17) is 4.52 Å². The number of nitrogens with one attached hydrogen (secondary N) is 2. The second-order valence-electron chi connectivity index (χ2n) is 6.33. The van der Waals surface area contributed by atoms with Gasteiger partial charge in [-0.25, -0.2) is 4.79 Å². The van der Waals surface area contributed by atoms with Gasteiger partial charge in [0, 0.05) is 30.9 Å². The Hall–Kier alpha value is -3.30. The highest BCUT2D eigenvalue weighted by atomic mass is 16.5. The summed E-state index contributed by atoms with van der Waals surface area (Å²) in [6.07, 6.45) is 6.71. The minimum atomic E-state index is -0.275. The monoisotopic (exact) mass is 368 g/mol.